The van der Waals surface area contributed by atoms with E-state index in [2.05, 4.69) is 5.32 Å². The van der Waals surface area contributed by atoms with Crippen molar-refractivity contribution in [1.82, 2.24) is 9.21 Å². The van der Waals surface area contributed by atoms with Crippen LogP contribution in [-0.2, 0) is 14.8 Å². The van der Waals surface area contributed by atoms with E-state index in [4.69, 9.17) is 0 Å². The largest absolute Gasteiger partial charge is 0.324 e. The van der Waals surface area contributed by atoms with Crippen LogP contribution in [0, 0.1) is 10.1 Å². The number of hydrogen-bond acceptors (Lipinski definition) is 6. The molecule has 182 valence electrons. The second-order valence-corrected chi connectivity index (χ2v) is 10.1. The summed E-state index contributed by atoms with van der Waals surface area (Å²) in [6.45, 7) is 2.70. The van der Waals surface area contributed by atoms with Crippen molar-refractivity contribution in [3.05, 3.63) is 89.0 Å². The molecule has 3 aromatic rings. The third-order valence-corrected chi connectivity index (χ3v) is 8.10. The monoisotopic (exact) mass is 494 g/mol. The molecule has 0 aliphatic carbocycles. The average molecular weight is 495 g/mol. The van der Waals surface area contributed by atoms with Crippen LogP contribution in [0.1, 0.15) is 6.92 Å². The Balaban J connectivity index is 1.43. The molecule has 0 bridgehead atoms. The fraction of sp³-hybridized carbons (Fsp3) is 0.240. The van der Waals surface area contributed by atoms with E-state index in [0.717, 1.165) is 11.1 Å². The van der Waals surface area contributed by atoms with Crippen molar-refractivity contribution in [2.75, 3.05) is 31.5 Å². The topological polar surface area (TPSA) is 113 Å². The van der Waals surface area contributed by atoms with Gasteiger partial charge in [-0.15, -0.1) is 0 Å². The molecule has 10 heteroatoms. The molecule has 0 spiro atoms. The van der Waals surface area contributed by atoms with Crippen molar-refractivity contribution in [3.8, 4) is 11.1 Å². The van der Waals surface area contributed by atoms with Crippen LogP contribution in [0.15, 0.2) is 83.8 Å². The molecule has 1 saturated heterocycles. The Labute approximate surface area is 204 Å². The number of nitrogens with one attached hydrogen (secondary N) is 1. The van der Waals surface area contributed by atoms with Crippen LogP contribution in [-0.4, -0.2) is 60.7 Å². The van der Waals surface area contributed by atoms with E-state index in [9.17, 15) is 23.3 Å². The number of piperazine rings is 1. The van der Waals surface area contributed by atoms with Crippen molar-refractivity contribution in [2.24, 2.45) is 0 Å². The Morgan fingerprint density at radius 3 is 2.20 bits per heavy atom. The first-order valence-corrected chi connectivity index (χ1v) is 12.7. The van der Waals surface area contributed by atoms with Gasteiger partial charge in [-0.25, -0.2) is 8.42 Å². The summed E-state index contributed by atoms with van der Waals surface area (Å²) in [7, 11) is -4.03. The second kappa shape index (κ2) is 10.3. The summed E-state index contributed by atoms with van der Waals surface area (Å²) >= 11 is 0. The lowest BCUT2D eigenvalue weighted by Gasteiger charge is -2.36. The predicted molar refractivity (Wildman–Crippen MR) is 133 cm³/mol. The molecule has 1 N–H and O–H groups in total. The van der Waals surface area contributed by atoms with Crippen LogP contribution in [0.25, 0.3) is 11.1 Å². The Morgan fingerprint density at radius 2 is 1.51 bits per heavy atom. The van der Waals surface area contributed by atoms with Crippen LogP contribution < -0.4 is 5.32 Å². The van der Waals surface area contributed by atoms with Gasteiger partial charge in [-0.2, -0.15) is 4.31 Å². The van der Waals surface area contributed by atoms with Crippen molar-refractivity contribution >= 4 is 27.3 Å². The summed E-state index contributed by atoms with van der Waals surface area (Å²) in [5.41, 5.74) is 2.16. The molecule has 1 aliphatic rings. The van der Waals surface area contributed by atoms with E-state index in [1.807, 2.05) is 59.5 Å². The average Bonchev–Trinajstić information content (AvgIpc) is 2.89. The van der Waals surface area contributed by atoms with Gasteiger partial charge in [0.25, 0.3) is 5.69 Å². The summed E-state index contributed by atoms with van der Waals surface area (Å²) < 4.78 is 27.4. The van der Waals surface area contributed by atoms with E-state index >= 15 is 0 Å². The predicted octanol–water partition coefficient (Wildman–Crippen LogP) is 3.60. The minimum Gasteiger partial charge on any atom is -0.324 e. The maximum Gasteiger partial charge on any atom is 0.289 e. The van der Waals surface area contributed by atoms with Crippen molar-refractivity contribution in [1.29, 1.82) is 0 Å². The number of amides is 1. The highest BCUT2D eigenvalue weighted by Gasteiger charge is 2.35. The summed E-state index contributed by atoms with van der Waals surface area (Å²) in [5, 5.41) is 14.3. The van der Waals surface area contributed by atoms with Gasteiger partial charge in [0.15, 0.2) is 4.90 Å². The highest BCUT2D eigenvalue weighted by atomic mass is 32.2. The fourth-order valence-corrected chi connectivity index (χ4v) is 5.74. The minimum atomic E-state index is -4.03. The molecule has 1 amide bonds. The zero-order valence-electron chi connectivity index (χ0n) is 19.2. The Bertz CT molecular complexity index is 1320. The first kappa shape index (κ1) is 24.5. The molecular formula is C25H26N4O5S. The van der Waals surface area contributed by atoms with Crippen LogP contribution in [0.2, 0.25) is 0 Å². The third kappa shape index (κ3) is 5.24. The zero-order chi connectivity index (χ0) is 25.0. The summed E-state index contributed by atoms with van der Waals surface area (Å²) in [6, 6.07) is 22.2. The van der Waals surface area contributed by atoms with Crippen LogP contribution >= 0.6 is 0 Å². The highest BCUT2D eigenvalue weighted by molar-refractivity contribution is 7.89. The first-order valence-electron chi connectivity index (χ1n) is 11.2. The van der Waals surface area contributed by atoms with Gasteiger partial charge in [0.2, 0.25) is 15.9 Å². The number of anilines is 1. The lowest BCUT2D eigenvalue weighted by molar-refractivity contribution is -0.387. The SMILES string of the molecule is C[C@@H](C(=O)Nc1ccccc1-c1ccccc1)N1CCN(S(=O)(=O)c2ccccc2[N+](=O)[O-])CC1. The number of benzene rings is 3. The molecule has 0 aromatic heterocycles. The molecular weight excluding hydrogens is 468 g/mol. The van der Waals surface area contributed by atoms with E-state index in [1.165, 1.54) is 28.6 Å². The number of nitro benzene ring substituents is 1. The van der Waals surface area contributed by atoms with Gasteiger partial charge in [-0.1, -0.05) is 60.7 Å². The molecule has 4 rings (SSSR count). The maximum absolute atomic E-state index is 13.1. The standard InChI is InChI=1S/C25H26N4O5S/c1-19(25(30)26-22-12-6-5-11-21(22)20-9-3-2-4-10-20)27-15-17-28(18-16-27)35(33,34)24-14-8-7-13-23(24)29(31)32/h2-14,19H,15-18H2,1H3,(H,26,30)/t19-/m0/s1. The van der Waals surface area contributed by atoms with Gasteiger partial charge in [-0.05, 0) is 24.6 Å². The number of carbonyl (C=O) groups is 1. The first-order chi connectivity index (χ1) is 16.8. The fourth-order valence-electron chi connectivity index (χ4n) is 4.16. The smallest absolute Gasteiger partial charge is 0.289 e. The number of rotatable bonds is 7. The van der Waals surface area contributed by atoms with E-state index in [-0.39, 0.29) is 23.9 Å². The van der Waals surface area contributed by atoms with Crippen LogP contribution in [0.4, 0.5) is 11.4 Å². The Kier molecular flexibility index (Phi) is 7.25. The van der Waals surface area contributed by atoms with E-state index < -0.39 is 26.7 Å². The van der Waals surface area contributed by atoms with Gasteiger partial charge in [-0.3, -0.25) is 19.8 Å². The molecule has 0 saturated carbocycles. The molecule has 3 aromatic carbocycles. The summed E-state index contributed by atoms with van der Waals surface area (Å²) in [4.78, 5) is 25.3. The number of nitrogens with zero attached hydrogens (tertiary/aromatic N) is 3. The second-order valence-electron chi connectivity index (χ2n) is 8.24. The molecule has 1 fully saturated rings. The van der Waals surface area contributed by atoms with E-state index in [1.54, 1.807) is 6.92 Å². The van der Waals surface area contributed by atoms with Gasteiger partial charge < -0.3 is 5.32 Å². The molecule has 1 aliphatic heterocycles. The number of nitro groups is 1. The summed E-state index contributed by atoms with van der Waals surface area (Å²) in [5.74, 6) is -0.191. The van der Waals surface area contributed by atoms with E-state index in [0.29, 0.717) is 18.8 Å². The summed E-state index contributed by atoms with van der Waals surface area (Å²) in [6.07, 6.45) is 0. The van der Waals surface area contributed by atoms with Crippen molar-refractivity contribution in [2.45, 2.75) is 17.9 Å². The molecule has 1 heterocycles. The lowest BCUT2D eigenvalue weighted by Crippen LogP contribution is -2.54. The lowest BCUT2D eigenvalue weighted by atomic mass is 10.0. The molecule has 0 unspecified atom stereocenters. The molecule has 1 atom stereocenters. The van der Waals surface area contributed by atoms with Crippen molar-refractivity contribution < 1.29 is 18.1 Å². The van der Waals surface area contributed by atoms with Gasteiger partial charge in [0.1, 0.15) is 0 Å². The third-order valence-electron chi connectivity index (χ3n) is 6.15. The van der Waals surface area contributed by atoms with Gasteiger partial charge >= 0.3 is 0 Å². The van der Waals surface area contributed by atoms with Gasteiger partial charge in [0, 0.05) is 43.5 Å². The van der Waals surface area contributed by atoms with Crippen LogP contribution in [0.3, 0.4) is 0 Å². The normalized spacial score (nSPS) is 15.9. The minimum absolute atomic E-state index is 0.132. The maximum atomic E-state index is 13.1. The van der Waals surface area contributed by atoms with Crippen molar-refractivity contribution in [3.63, 3.8) is 0 Å². The molecule has 9 nitrogen and oxygen atoms in total. The number of sulfonamides is 1. The molecule has 35 heavy (non-hydrogen) atoms. The zero-order valence-corrected chi connectivity index (χ0v) is 20.0. The Hall–Kier alpha value is -3.60. The quantitative estimate of drug-likeness (QED) is 0.397. The Morgan fingerprint density at radius 1 is 0.914 bits per heavy atom. The van der Waals surface area contributed by atoms with Gasteiger partial charge in [0.05, 0.1) is 11.0 Å². The van der Waals surface area contributed by atoms with Crippen LogP contribution in [0.5, 0.6) is 0 Å². The number of para-hydroxylation sites is 2. The molecule has 0 radical (unpaired) electrons. The highest BCUT2D eigenvalue weighted by Crippen LogP contribution is 2.29. The number of carbonyl (C=O) groups excluding carboxylic acids is 1. The number of hydrogen-bond donors (Lipinski definition) is 1.